The standard InChI is InChI=1S/C26H27N3O6/c1-26(2,3)20-9-11-21(12-10-20)35-16-17-5-7-19(8-6-17)25(31)28-27-15-18-13-22(29(32)33)24(30)23(14-18)34-4/h5-15,30H,16H2,1-4H3,(H,28,31)/b27-15+. The number of benzene rings is 3. The van der Waals surface area contributed by atoms with Gasteiger partial charge in [-0.2, -0.15) is 5.10 Å². The number of phenolic OH excluding ortho intramolecular Hbond substituents is 1. The molecule has 0 atom stereocenters. The van der Waals surface area contributed by atoms with Crippen LogP contribution in [0.5, 0.6) is 17.2 Å². The van der Waals surface area contributed by atoms with Gasteiger partial charge in [-0.15, -0.1) is 0 Å². The van der Waals surface area contributed by atoms with Gasteiger partial charge < -0.3 is 14.6 Å². The normalized spacial score (nSPS) is 11.3. The fraction of sp³-hybridized carbons (Fsp3) is 0.231. The first-order chi connectivity index (χ1) is 16.6. The number of hydrogen-bond donors (Lipinski definition) is 2. The highest BCUT2D eigenvalue weighted by atomic mass is 16.6. The number of hydrazone groups is 1. The van der Waals surface area contributed by atoms with E-state index in [1.807, 2.05) is 12.1 Å². The van der Waals surface area contributed by atoms with E-state index in [1.54, 1.807) is 24.3 Å². The average molecular weight is 478 g/mol. The van der Waals surface area contributed by atoms with Crippen molar-refractivity contribution in [3.05, 3.63) is 93.0 Å². The number of nitrogens with zero attached hydrogens (tertiary/aromatic N) is 2. The molecule has 0 aliphatic rings. The molecule has 3 rings (SSSR count). The van der Waals surface area contributed by atoms with Crippen LogP contribution in [-0.2, 0) is 12.0 Å². The van der Waals surface area contributed by atoms with E-state index in [9.17, 15) is 20.0 Å². The van der Waals surface area contributed by atoms with E-state index in [-0.39, 0.29) is 16.7 Å². The number of rotatable bonds is 8. The summed E-state index contributed by atoms with van der Waals surface area (Å²) in [6, 6.07) is 17.4. The first kappa shape index (κ1) is 25.2. The number of phenols is 1. The topological polar surface area (TPSA) is 123 Å². The van der Waals surface area contributed by atoms with E-state index in [4.69, 9.17) is 9.47 Å². The van der Waals surface area contributed by atoms with Crippen molar-refractivity contribution in [2.24, 2.45) is 5.10 Å². The van der Waals surface area contributed by atoms with Gasteiger partial charge in [0.1, 0.15) is 12.4 Å². The van der Waals surface area contributed by atoms with Crippen LogP contribution in [0.1, 0.15) is 47.8 Å². The lowest BCUT2D eigenvalue weighted by Gasteiger charge is -2.19. The Hall–Kier alpha value is -4.40. The smallest absolute Gasteiger partial charge is 0.315 e. The molecular weight excluding hydrogens is 450 g/mol. The van der Waals surface area contributed by atoms with Crippen molar-refractivity contribution >= 4 is 17.8 Å². The third-order valence-electron chi connectivity index (χ3n) is 5.22. The SMILES string of the molecule is COc1cc(/C=N/NC(=O)c2ccc(COc3ccc(C(C)(C)C)cc3)cc2)cc([N+](=O)[O-])c1O. The highest BCUT2D eigenvalue weighted by Gasteiger charge is 2.19. The molecule has 0 saturated carbocycles. The molecule has 0 radical (unpaired) electrons. The Kier molecular flexibility index (Phi) is 7.70. The second-order valence-electron chi connectivity index (χ2n) is 8.81. The van der Waals surface area contributed by atoms with Gasteiger partial charge in [0.25, 0.3) is 5.91 Å². The zero-order valence-electron chi connectivity index (χ0n) is 19.9. The van der Waals surface area contributed by atoms with Gasteiger partial charge in [-0.3, -0.25) is 14.9 Å². The third kappa shape index (κ3) is 6.57. The molecule has 3 aromatic rings. The van der Waals surface area contributed by atoms with E-state index in [2.05, 4.69) is 43.4 Å². The van der Waals surface area contributed by atoms with Crippen LogP contribution in [0.3, 0.4) is 0 Å². The van der Waals surface area contributed by atoms with Crippen molar-refractivity contribution in [3.63, 3.8) is 0 Å². The van der Waals surface area contributed by atoms with Crippen molar-refractivity contribution < 1.29 is 24.3 Å². The predicted octanol–water partition coefficient (Wildman–Crippen LogP) is 4.95. The van der Waals surface area contributed by atoms with Crippen molar-refractivity contribution in [1.82, 2.24) is 5.43 Å². The minimum Gasteiger partial charge on any atom is -0.500 e. The Morgan fingerprint density at radius 3 is 2.34 bits per heavy atom. The van der Waals surface area contributed by atoms with Crippen molar-refractivity contribution in [2.75, 3.05) is 7.11 Å². The monoisotopic (exact) mass is 477 g/mol. The summed E-state index contributed by atoms with van der Waals surface area (Å²) in [5.74, 6) is -0.341. The van der Waals surface area contributed by atoms with E-state index in [0.29, 0.717) is 12.2 Å². The molecule has 0 fully saturated rings. The van der Waals surface area contributed by atoms with Gasteiger partial charge in [0.15, 0.2) is 5.75 Å². The molecule has 0 saturated heterocycles. The minimum absolute atomic E-state index is 0.0741. The molecule has 0 unspecified atom stereocenters. The van der Waals surface area contributed by atoms with Crippen LogP contribution in [0.2, 0.25) is 0 Å². The molecule has 2 N–H and O–H groups in total. The molecule has 3 aromatic carbocycles. The number of carbonyl (C=O) groups excluding carboxylic acids is 1. The van der Waals surface area contributed by atoms with Crippen molar-refractivity contribution in [3.8, 4) is 17.2 Å². The lowest BCUT2D eigenvalue weighted by molar-refractivity contribution is -0.386. The van der Waals surface area contributed by atoms with E-state index in [0.717, 1.165) is 17.4 Å². The maximum absolute atomic E-state index is 12.4. The summed E-state index contributed by atoms with van der Waals surface area (Å²) >= 11 is 0. The Labute approximate surface area is 203 Å². The number of nitro benzene ring substituents is 1. The van der Waals surface area contributed by atoms with Crippen LogP contribution in [0.4, 0.5) is 5.69 Å². The Bertz CT molecular complexity index is 1230. The van der Waals surface area contributed by atoms with Crippen LogP contribution in [0.15, 0.2) is 65.8 Å². The fourth-order valence-electron chi connectivity index (χ4n) is 3.18. The number of amides is 1. The molecule has 1 amide bonds. The Morgan fingerprint density at radius 1 is 1.11 bits per heavy atom. The van der Waals surface area contributed by atoms with Gasteiger partial charge in [0, 0.05) is 17.2 Å². The predicted molar refractivity (Wildman–Crippen MR) is 132 cm³/mol. The van der Waals surface area contributed by atoms with Crippen LogP contribution in [0, 0.1) is 10.1 Å². The summed E-state index contributed by atoms with van der Waals surface area (Å²) in [4.78, 5) is 22.7. The molecule has 0 aliphatic carbocycles. The average Bonchev–Trinajstić information content (AvgIpc) is 2.83. The zero-order valence-corrected chi connectivity index (χ0v) is 19.9. The van der Waals surface area contributed by atoms with Gasteiger partial charge in [0.05, 0.1) is 18.2 Å². The number of ether oxygens (including phenoxy) is 2. The third-order valence-corrected chi connectivity index (χ3v) is 5.22. The number of aromatic hydroxyl groups is 1. The number of hydrogen-bond acceptors (Lipinski definition) is 7. The van der Waals surface area contributed by atoms with E-state index >= 15 is 0 Å². The summed E-state index contributed by atoms with van der Waals surface area (Å²) in [7, 11) is 1.28. The molecule has 0 heterocycles. The lowest BCUT2D eigenvalue weighted by atomic mass is 9.87. The molecular formula is C26H27N3O6. The maximum Gasteiger partial charge on any atom is 0.315 e. The number of methoxy groups -OCH3 is 1. The summed E-state index contributed by atoms with van der Waals surface area (Å²) in [6.45, 7) is 6.82. The van der Waals surface area contributed by atoms with Gasteiger partial charge in [-0.1, -0.05) is 45.0 Å². The van der Waals surface area contributed by atoms with Gasteiger partial charge >= 0.3 is 5.69 Å². The summed E-state index contributed by atoms with van der Waals surface area (Å²) in [5.41, 5.74) is 4.70. The molecule has 182 valence electrons. The molecule has 9 nitrogen and oxygen atoms in total. The van der Waals surface area contributed by atoms with Crippen LogP contribution in [0.25, 0.3) is 0 Å². The van der Waals surface area contributed by atoms with Crippen molar-refractivity contribution in [1.29, 1.82) is 0 Å². The highest BCUT2D eigenvalue weighted by molar-refractivity contribution is 5.95. The second-order valence-corrected chi connectivity index (χ2v) is 8.81. The number of nitrogens with one attached hydrogen (secondary N) is 1. The second kappa shape index (κ2) is 10.7. The maximum atomic E-state index is 12.4. The number of carbonyl (C=O) groups is 1. The van der Waals surface area contributed by atoms with E-state index in [1.165, 1.54) is 25.0 Å². The van der Waals surface area contributed by atoms with Gasteiger partial charge in [-0.25, -0.2) is 5.43 Å². The molecule has 0 spiro atoms. The molecule has 0 bridgehead atoms. The highest BCUT2D eigenvalue weighted by Crippen LogP contribution is 2.36. The molecule has 9 heteroatoms. The first-order valence-corrected chi connectivity index (χ1v) is 10.8. The molecule has 0 aliphatic heterocycles. The molecule has 0 aromatic heterocycles. The first-order valence-electron chi connectivity index (χ1n) is 10.8. The van der Waals surface area contributed by atoms with E-state index < -0.39 is 22.3 Å². The van der Waals surface area contributed by atoms with Crippen LogP contribution >= 0.6 is 0 Å². The fourth-order valence-corrected chi connectivity index (χ4v) is 3.18. The summed E-state index contributed by atoms with van der Waals surface area (Å²) in [6.07, 6.45) is 1.22. The lowest BCUT2D eigenvalue weighted by Crippen LogP contribution is -2.17. The number of nitro groups is 1. The quantitative estimate of drug-likeness (QED) is 0.269. The van der Waals surface area contributed by atoms with Crippen molar-refractivity contribution in [2.45, 2.75) is 32.8 Å². The van der Waals surface area contributed by atoms with Gasteiger partial charge in [0.2, 0.25) is 5.75 Å². The Balaban J connectivity index is 1.58. The van der Waals surface area contributed by atoms with Crippen LogP contribution in [-0.4, -0.2) is 29.3 Å². The molecule has 35 heavy (non-hydrogen) atoms. The minimum atomic E-state index is -0.736. The summed E-state index contributed by atoms with van der Waals surface area (Å²) in [5, 5.41) is 24.7. The Morgan fingerprint density at radius 2 is 1.77 bits per heavy atom. The summed E-state index contributed by atoms with van der Waals surface area (Å²) < 4.78 is 10.8. The van der Waals surface area contributed by atoms with Crippen LogP contribution < -0.4 is 14.9 Å². The zero-order chi connectivity index (χ0) is 25.6. The van der Waals surface area contributed by atoms with Gasteiger partial charge in [-0.05, 0) is 46.9 Å². The largest absolute Gasteiger partial charge is 0.500 e.